The van der Waals surface area contributed by atoms with Gasteiger partial charge in [-0.25, -0.2) is 4.98 Å². The van der Waals surface area contributed by atoms with Gasteiger partial charge in [-0.05, 0) is 14.0 Å². The molecule has 0 aliphatic carbocycles. The van der Waals surface area contributed by atoms with Crippen molar-refractivity contribution < 1.29 is 4.79 Å². The number of aryl methyl sites for hydroxylation is 1. The first-order chi connectivity index (χ1) is 9.70. The average Bonchev–Trinajstić information content (AvgIpc) is 2.81. The quantitative estimate of drug-likeness (QED) is 0.855. The highest BCUT2D eigenvalue weighted by atomic mass is 32.1. The zero-order valence-corrected chi connectivity index (χ0v) is 12.6. The Hall–Kier alpha value is -1.72. The van der Waals surface area contributed by atoms with Crippen molar-refractivity contribution in [2.24, 2.45) is 0 Å². The molecule has 0 aliphatic heterocycles. The number of benzene rings is 1. The van der Waals surface area contributed by atoms with Gasteiger partial charge in [0, 0.05) is 23.4 Å². The van der Waals surface area contributed by atoms with Gasteiger partial charge in [0.2, 0.25) is 5.91 Å². The van der Waals surface area contributed by atoms with Crippen molar-refractivity contribution in [1.82, 2.24) is 15.6 Å². The maximum absolute atomic E-state index is 11.3. The summed E-state index contributed by atoms with van der Waals surface area (Å²) in [6.45, 7) is 3.07. The van der Waals surface area contributed by atoms with Gasteiger partial charge in [0.05, 0.1) is 17.2 Å². The molecule has 0 fully saturated rings. The average molecular weight is 289 g/mol. The molecule has 1 heterocycles. The Morgan fingerprint density at radius 2 is 2.05 bits per heavy atom. The number of hydrogen-bond acceptors (Lipinski definition) is 4. The Morgan fingerprint density at radius 3 is 2.75 bits per heavy atom. The predicted molar refractivity (Wildman–Crippen MR) is 82.9 cm³/mol. The van der Waals surface area contributed by atoms with E-state index in [1.807, 2.05) is 18.2 Å². The Morgan fingerprint density at radius 1 is 1.30 bits per heavy atom. The molecule has 2 rings (SSSR count). The van der Waals surface area contributed by atoms with Crippen LogP contribution in [0.1, 0.15) is 9.88 Å². The third-order valence-corrected chi connectivity index (χ3v) is 3.92. The zero-order chi connectivity index (χ0) is 14.4. The lowest BCUT2D eigenvalue weighted by molar-refractivity contribution is -0.120. The van der Waals surface area contributed by atoms with Crippen LogP contribution in [-0.4, -0.2) is 31.0 Å². The van der Waals surface area contributed by atoms with E-state index in [1.54, 1.807) is 18.4 Å². The first-order valence-electron chi connectivity index (χ1n) is 6.63. The van der Waals surface area contributed by atoms with Crippen LogP contribution < -0.4 is 10.6 Å². The Kier molecular flexibility index (Phi) is 5.26. The lowest BCUT2D eigenvalue weighted by Gasteiger charge is -2.02. The molecule has 0 atom stereocenters. The van der Waals surface area contributed by atoms with E-state index in [0.717, 1.165) is 22.7 Å². The van der Waals surface area contributed by atoms with Crippen LogP contribution >= 0.6 is 11.3 Å². The van der Waals surface area contributed by atoms with Crippen LogP contribution in [0, 0.1) is 6.92 Å². The highest BCUT2D eigenvalue weighted by molar-refractivity contribution is 7.12. The van der Waals surface area contributed by atoms with Crippen molar-refractivity contribution in [3.8, 4) is 11.3 Å². The number of likely N-dealkylation sites (N-methyl/N-ethyl adjacent to an activating group) is 1. The highest BCUT2D eigenvalue weighted by Gasteiger charge is 2.09. The van der Waals surface area contributed by atoms with Crippen LogP contribution in [0.15, 0.2) is 30.3 Å². The van der Waals surface area contributed by atoms with Crippen LogP contribution in [0.2, 0.25) is 0 Å². The lowest BCUT2D eigenvalue weighted by Crippen LogP contribution is -2.33. The maximum atomic E-state index is 11.3. The molecule has 1 aromatic heterocycles. The predicted octanol–water partition coefficient (Wildman–Crippen LogP) is 2.00. The molecular formula is C15H19N3OS. The molecule has 0 aliphatic rings. The van der Waals surface area contributed by atoms with E-state index in [-0.39, 0.29) is 5.91 Å². The number of rotatable bonds is 6. The summed E-state index contributed by atoms with van der Waals surface area (Å²) in [5, 5.41) is 6.75. The summed E-state index contributed by atoms with van der Waals surface area (Å²) in [5.41, 5.74) is 2.19. The minimum atomic E-state index is 0.0176. The van der Waals surface area contributed by atoms with Crippen LogP contribution in [0.3, 0.4) is 0 Å². The molecule has 1 aromatic carbocycles. The van der Waals surface area contributed by atoms with E-state index in [1.165, 1.54) is 4.88 Å². The van der Waals surface area contributed by atoms with Gasteiger partial charge in [0.25, 0.3) is 0 Å². The number of amides is 1. The number of carbonyl (C=O) groups excluding carboxylic acids is 1. The van der Waals surface area contributed by atoms with Crippen LogP contribution in [0.5, 0.6) is 0 Å². The number of nitrogens with one attached hydrogen (secondary N) is 2. The standard InChI is InChI=1S/C15H19N3OS/c1-11-15(12-6-4-3-5-7-12)18-14(20-11)8-9-17-13(19)10-16-2/h3-7,16H,8-10H2,1-2H3,(H,17,19). The van der Waals surface area contributed by atoms with Gasteiger partial charge in [0.1, 0.15) is 0 Å². The second-order valence-electron chi connectivity index (χ2n) is 4.51. The molecule has 0 bridgehead atoms. The summed E-state index contributed by atoms with van der Waals surface area (Å²) in [7, 11) is 1.76. The van der Waals surface area contributed by atoms with Crippen LogP contribution in [0.25, 0.3) is 11.3 Å². The molecule has 20 heavy (non-hydrogen) atoms. The first kappa shape index (κ1) is 14.7. The maximum Gasteiger partial charge on any atom is 0.233 e. The fourth-order valence-electron chi connectivity index (χ4n) is 1.95. The highest BCUT2D eigenvalue weighted by Crippen LogP contribution is 2.27. The van der Waals surface area contributed by atoms with Gasteiger partial charge >= 0.3 is 0 Å². The molecule has 0 saturated heterocycles. The molecular weight excluding hydrogens is 270 g/mol. The number of thiazole rings is 1. The Balaban J connectivity index is 1.96. The number of nitrogens with zero attached hydrogens (tertiary/aromatic N) is 1. The molecule has 106 valence electrons. The minimum absolute atomic E-state index is 0.0176. The minimum Gasteiger partial charge on any atom is -0.355 e. The Labute approximate surface area is 123 Å². The summed E-state index contributed by atoms with van der Waals surface area (Å²) in [4.78, 5) is 17.2. The molecule has 5 heteroatoms. The normalized spacial score (nSPS) is 10.5. The second-order valence-corrected chi connectivity index (χ2v) is 5.80. The summed E-state index contributed by atoms with van der Waals surface area (Å²) >= 11 is 1.70. The van der Waals surface area contributed by atoms with E-state index >= 15 is 0 Å². The van der Waals surface area contributed by atoms with Crippen molar-refractivity contribution in [2.45, 2.75) is 13.3 Å². The summed E-state index contributed by atoms with van der Waals surface area (Å²) in [6.07, 6.45) is 0.772. The van der Waals surface area contributed by atoms with E-state index in [9.17, 15) is 4.79 Å². The third-order valence-electron chi connectivity index (χ3n) is 2.89. The zero-order valence-electron chi connectivity index (χ0n) is 11.8. The van der Waals surface area contributed by atoms with Crippen molar-refractivity contribution >= 4 is 17.2 Å². The van der Waals surface area contributed by atoms with E-state index < -0.39 is 0 Å². The van der Waals surface area contributed by atoms with Gasteiger partial charge < -0.3 is 10.6 Å². The SMILES string of the molecule is CNCC(=O)NCCc1nc(-c2ccccc2)c(C)s1. The van der Waals surface area contributed by atoms with Gasteiger partial charge in [-0.1, -0.05) is 30.3 Å². The third kappa shape index (κ3) is 3.88. The monoisotopic (exact) mass is 289 g/mol. The summed E-state index contributed by atoms with van der Waals surface area (Å²) < 4.78 is 0. The topological polar surface area (TPSA) is 54.0 Å². The van der Waals surface area contributed by atoms with E-state index in [2.05, 4.69) is 34.7 Å². The number of aromatic nitrogens is 1. The molecule has 0 saturated carbocycles. The molecule has 4 nitrogen and oxygen atoms in total. The van der Waals surface area contributed by atoms with Crippen molar-refractivity contribution in [2.75, 3.05) is 20.1 Å². The van der Waals surface area contributed by atoms with Gasteiger partial charge in [-0.2, -0.15) is 0 Å². The fraction of sp³-hybridized carbons (Fsp3) is 0.333. The van der Waals surface area contributed by atoms with E-state index in [0.29, 0.717) is 13.1 Å². The van der Waals surface area contributed by atoms with Gasteiger partial charge in [-0.15, -0.1) is 11.3 Å². The van der Waals surface area contributed by atoms with Gasteiger partial charge in [0.15, 0.2) is 0 Å². The first-order valence-corrected chi connectivity index (χ1v) is 7.45. The molecule has 1 amide bonds. The molecule has 2 aromatic rings. The number of hydrogen-bond donors (Lipinski definition) is 2. The smallest absolute Gasteiger partial charge is 0.233 e. The summed E-state index contributed by atoms with van der Waals surface area (Å²) in [6, 6.07) is 10.2. The van der Waals surface area contributed by atoms with Crippen molar-refractivity contribution in [1.29, 1.82) is 0 Å². The summed E-state index contributed by atoms with van der Waals surface area (Å²) in [5.74, 6) is 0.0176. The Bertz CT molecular complexity index is 566. The number of carbonyl (C=O) groups is 1. The lowest BCUT2D eigenvalue weighted by atomic mass is 10.1. The van der Waals surface area contributed by atoms with E-state index in [4.69, 9.17) is 0 Å². The fourth-order valence-corrected chi connectivity index (χ4v) is 2.91. The molecule has 0 spiro atoms. The van der Waals surface area contributed by atoms with Crippen molar-refractivity contribution in [3.05, 3.63) is 40.2 Å². The molecule has 0 unspecified atom stereocenters. The largest absolute Gasteiger partial charge is 0.355 e. The van der Waals surface area contributed by atoms with Crippen LogP contribution in [0.4, 0.5) is 0 Å². The molecule has 0 radical (unpaired) electrons. The van der Waals surface area contributed by atoms with Crippen molar-refractivity contribution in [3.63, 3.8) is 0 Å². The molecule has 2 N–H and O–H groups in total. The second kappa shape index (κ2) is 7.17. The van der Waals surface area contributed by atoms with Crippen LogP contribution in [-0.2, 0) is 11.2 Å². The van der Waals surface area contributed by atoms with Gasteiger partial charge in [-0.3, -0.25) is 4.79 Å².